The van der Waals surface area contributed by atoms with Crippen molar-refractivity contribution in [3.8, 4) is 0 Å². The first-order chi connectivity index (χ1) is 16.8. The number of carbonyl (C=O) groups excluding carboxylic acids is 2. The Bertz CT molecular complexity index is 1150. The van der Waals surface area contributed by atoms with Crippen molar-refractivity contribution in [1.82, 2.24) is 0 Å². The van der Waals surface area contributed by atoms with Crippen molar-refractivity contribution in [2.45, 2.75) is 93.4 Å². The molecule has 36 heavy (non-hydrogen) atoms. The number of allylic oxidation sites excluding steroid dienone is 7. The number of carbonyl (C=O) groups is 2. The van der Waals surface area contributed by atoms with E-state index in [4.69, 9.17) is 4.74 Å². The fraction of sp³-hybridized carbons (Fsp3) is 0.688. The summed E-state index contributed by atoms with van der Waals surface area (Å²) in [7, 11) is 0. The van der Waals surface area contributed by atoms with Gasteiger partial charge in [0.25, 0.3) is 0 Å². The fourth-order valence-electron chi connectivity index (χ4n) is 9.10. The molecule has 3 fully saturated rings. The molecule has 0 radical (unpaired) electrons. The van der Waals surface area contributed by atoms with E-state index in [1.807, 2.05) is 13.0 Å². The van der Waals surface area contributed by atoms with Gasteiger partial charge >= 0.3 is 0 Å². The van der Waals surface area contributed by atoms with Gasteiger partial charge in [-0.15, -0.1) is 0 Å². The molecule has 0 unspecified atom stereocenters. The Balaban J connectivity index is 1.60. The molecule has 0 heterocycles. The van der Waals surface area contributed by atoms with E-state index in [-0.39, 0.29) is 46.1 Å². The van der Waals surface area contributed by atoms with Crippen molar-refractivity contribution < 1.29 is 19.4 Å². The van der Waals surface area contributed by atoms with Gasteiger partial charge in [0.2, 0.25) is 5.78 Å². The number of hydrogen-bond donors (Lipinski definition) is 1. The summed E-state index contributed by atoms with van der Waals surface area (Å²) in [4.78, 5) is 25.9. The third-order valence-corrected chi connectivity index (χ3v) is 12.0. The largest absolute Gasteiger partial charge is 0.487 e. The van der Waals surface area contributed by atoms with Gasteiger partial charge in [0.05, 0.1) is 6.61 Å². The van der Waals surface area contributed by atoms with E-state index in [2.05, 4.69) is 46.8 Å². The van der Waals surface area contributed by atoms with Crippen LogP contribution in [0.4, 0.5) is 0 Å². The Kier molecular flexibility index (Phi) is 5.73. The van der Waals surface area contributed by atoms with Crippen molar-refractivity contribution in [3.05, 3.63) is 46.3 Å². The summed E-state index contributed by atoms with van der Waals surface area (Å²) < 4.78 is 5.65. The SMILES string of the molecule is CC(=O)[C@]1(C)CC[C@]2(C)CC[C@]3(C)C4=CC=C5C(=CC(=O)C(OCCO)=C5C)[C@]4(C)CC[C@@]3(C)[C@@H]2C1. The molecule has 0 aromatic carbocycles. The van der Waals surface area contributed by atoms with Crippen molar-refractivity contribution in [3.63, 3.8) is 0 Å². The molecular weight excluding hydrogens is 448 g/mol. The Labute approximate surface area is 216 Å². The molecule has 3 saturated carbocycles. The van der Waals surface area contributed by atoms with Gasteiger partial charge in [0, 0.05) is 16.4 Å². The predicted octanol–water partition coefficient (Wildman–Crippen LogP) is 6.65. The highest BCUT2D eigenvalue weighted by Gasteiger charge is 2.67. The van der Waals surface area contributed by atoms with Gasteiger partial charge in [-0.2, -0.15) is 0 Å². The molecule has 0 aliphatic heterocycles. The highest BCUT2D eigenvalue weighted by molar-refractivity contribution is 6.07. The molecule has 5 aliphatic rings. The van der Waals surface area contributed by atoms with Gasteiger partial charge in [0.1, 0.15) is 12.4 Å². The lowest BCUT2D eigenvalue weighted by atomic mass is 9.34. The number of Topliss-reactive ketones (excluding diaryl/α,β-unsaturated/α-hetero) is 1. The molecule has 0 amide bonds. The summed E-state index contributed by atoms with van der Waals surface area (Å²) in [5, 5.41) is 9.21. The zero-order valence-corrected chi connectivity index (χ0v) is 23.3. The third kappa shape index (κ3) is 3.22. The molecule has 0 aromatic heterocycles. The third-order valence-electron chi connectivity index (χ3n) is 12.0. The van der Waals surface area contributed by atoms with Gasteiger partial charge in [-0.1, -0.05) is 52.3 Å². The maximum absolute atomic E-state index is 13.2. The maximum atomic E-state index is 13.2. The van der Waals surface area contributed by atoms with Gasteiger partial charge in [0.15, 0.2) is 5.76 Å². The number of ketones is 2. The summed E-state index contributed by atoms with van der Waals surface area (Å²) in [6.45, 7) is 15.8. The normalized spacial score (nSPS) is 43.8. The van der Waals surface area contributed by atoms with Gasteiger partial charge < -0.3 is 9.84 Å². The lowest BCUT2D eigenvalue weighted by Crippen LogP contribution is -2.62. The van der Waals surface area contributed by atoms with Crippen LogP contribution in [0.2, 0.25) is 0 Å². The number of aliphatic hydroxyl groups excluding tert-OH is 1. The van der Waals surface area contributed by atoms with Gasteiger partial charge in [-0.05, 0) is 98.2 Å². The summed E-state index contributed by atoms with van der Waals surface area (Å²) in [6, 6.07) is 0. The minimum atomic E-state index is -0.217. The lowest BCUT2D eigenvalue weighted by molar-refractivity contribution is -0.167. The van der Waals surface area contributed by atoms with Crippen LogP contribution < -0.4 is 0 Å². The first-order valence-electron chi connectivity index (χ1n) is 13.9. The van der Waals surface area contributed by atoms with Gasteiger partial charge in [-0.3, -0.25) is 9.59 Å². The van der Waals surface area contributed by atoms with Crippen molar-refractivity contribution >= 4 is 11.6 Å². The molecule has 0 spiro atoms. The molecule has 0 bridgehead atoms. The molecule has 196 valence electrons. The van der Waals surface area contributed by atoms with Crippen LogP contribution in [0.5, 0.6) is 0 Å². The van der Waals surface area contributed by atoms with E-state index in [0.29, 0.717) is 17.5 Å². The second kappa shape index (κ2) is 8.03. The topological polar surface area (TPSA) is 63.6 Å². The number of hydrogen-bond acceptors (Lipinski definition) is 4. The number of fused-ring (bicyclic) bond motifs is 7. The molecule has 5 aliphatic carbocycles. The highest BCUT2D eigenvalue weighted by atomic mass is 16.5. The van der Waals surface area contributed by atoms with E-state index < -0.39 is 0 Å². The highest BCUT2D eigenvalue weighted by Crippen LogP contribution is 2.75. The van der Waals surface area contributed by atoms with Crippen LogP contribution in [-0.4, -0.2) is 29.9 Å². The number of rotatable bonds is 4. The van der Waals surface area contributed by atoms with Crippen LogP contribution in [0, 0.1) is 33.0 Å². The zero-order valence-electron chi connectivity index (χ0n) is 23.3. The molecule has 5 rings (SSSR count). The van der Waals surface area contributed by atoms with Crippen LogP contribution in [0.25, 0.3) is 0 Å². The first kappa shape index (κ1) is 25.7. The van der Waals surface area contributed by atoms with Crippen LogP contribution in [0.15, 0.2) is 46.3 Å². The Morgan fingerprint density at radius 1 is 1.03 bits per heavy atom. The summed E-state index contributed by atoms with van der Waals surface area (Å²) in [6.07, 6.45) is 14.0. The average molecular weight is 493 g/mol. The number of ether oxygens (including phenoxy) is 1. The number of aliphatic hydroxyl groups is 1. The van der Waals surface area contributed by atoms with E-state index in [0.717, 1.165) is 55.2 Å². The predicted molar refractivity (Wildman–Crippen MR) is 142 cm³/mol. The summed E-state index contributed by atoms with van der Waals surface area (Å²) in [5.41, 5.74) is 4.57. The minimum Gasteiger partial charge on any atom is -0.487 e. The smallest absolute Gasteiger partial charge is 0.220 e. The van der Waals surface area contributed by atoms with E-state index in [1.54, 1.807) is 6.92 Å². The standard InChI is InChI=1S/C32H44O4/c1-20-22-8-9-25-30(5,23(22)18-24(35)27(20)36-17-16-33)13-15-32(7)26-19-29(4,21(2)34)11-10-28(26,3)12-14-31(25,32)6/h8-9,18,26,33H,10-17,19H2,1-7H3/t26-,28-,29-,30+,31-,32+/m1/s1. The molecule has 4 nitrogen and oxygen atoms in total. The van der Waals surface area contributed by atoms with E-state index in [1.165, 1.54) is 12.0 Å². The minimum absolute atomic E-state index is 0.0103. The van der Waals surface area contributed by atoms with Crippen molar-refractivity contribution in [2.75, 3.05) is 13.2 Å². The van der Waals surface area contributed by atoms with E-state index in [9.17, 15) is 14.7 Å². The maximum Gasteiger partial charge on any atom is 0.220 e. The summed E-state index contributed by atoms with van der Waals surface area (Å²) in [5.74, 6) is 1.13. The second-order valence-electron chi connectivity index (χ2n) is 13.7. The first-order valence-corrected chi connectivity index (χ1v) is 13.9. The molecule has 0 saturated heterocycles. The lowest BCUT2D eigenvalue weighted by Gasteiger charge is -2.70. The molecule has 0 aromatic rings. The Morgan fingerprint density at radius 3 is 2.39 bits per heavy atom. The van der Waals surface area contributed by atoms with E-state index >= 15 is 0 Å². The van der Waals surface area contributed by atoms with Crippen LogP contribution in [-0.2, 0) is 14.3 Å². The van der Waals surface area contributed by atoms with Crippen molar-refractivity contribution in [2.24, 2.45) is 33.0 Å². The van der Waals surface area contributed by atoms with Crippen LogP contribution in [0.3, 0.4) is 0 Å². The quantitative estimate of drug-likeness (QED) is 0.477. The monoisotopic (exact) mass is 492 g/mol. The van der Waals surface area contributed by atoms with Crippen LogP contribution >= 0.6 is 0 Å². The molecular formula is C32H44O4. The Morgan fingerprint density at radius 2 is 1.72 bits per heavy atom. The van der Waals surface area contributed by atoms with Crippen LogP contribution in [0.1, 0.15) is 93.4 Å². The zero-order chi connectivity index (χ0) is 26.3. The molecule has 1 N–H and O–H groups in total. The molecule has 4 heteroatoms. The second-order valence-corrected chi connectivity index (χ2v) is 13.7. The average Bonchev–Trinajstić information content (AvgIpc) is 2.82. The molecule has 6 atom stereocenters. The summed E-state index contributed by atoms with van der Waals surface area (Å²) >= 11 is 0. The fourth-order valence-corrected chi connectivity index (χ4v) is 9.10. The Hall–Kier alpha value is -1.94. The van der Waals surface area contributed by atoms with Gasteiger partial charge in [-0.25, -0.2) is 0 Å². The van der Waals surface area contributed by atoms with Crippen molar-refractivity contribution in [1.29, 1.82) is 0 Å².